The lowest BCUT2D eigenvalue weighted by molar-refractivity contribution is 0.414. The first-order chi connectivity index (χ1) is 8.67. The highest BCUT2D eigenvalue weighted by molar-refractivity contribution is 6.30. The van der Waals surface area contributed by atoms with Gasteiger partial charge in [-0.1, -0.05) is 23.7 Å². The predicted octanol–water partition coefficient (Wildman–Crippen LogP) is 4.10. The summed E-state index contributed by atoms with van der Waals surface area (Å²) in [5.41, 5.74) is 1.71. The number of benzene rings is 2. The van der Waals surface area contributed by atoms with E-state index in [2.05, 4.69) is 5.32 Å². The van der Waals surface area contributed by atoms with Gasteiger partial charge in [0, 0.05) is 17.3 Å². The van der Waals surface area contributed by atoms with Gasteiger partial charge in [0.1, 0.15) is 11.6 Å². The zero-order chi connectivity index (χ0) is 13.0. The Bertz CT molecular complexity index is 525. The second-order valence-corrected chi connectivity index (χ2v) is 4.30. The van der Waals surface area contributed by atoms with E-state index in [9.17, 15) is 4.39 Å². The van der Waals surface area contributed by atoms with Gasteiger partial charge in [0.2, 0.25) is 0 Å². The summed E-state index contributed by atoms with van der Waals surface area (Å²) in [5.74, 6) is 0.446. The van der Waals surface area contributed by atoms with Crippen molar-refractivity contribution < 1.29 is 9.13 Å². The zero-order valence-corrected chi connectivity index (χ0v) is 10.7. The van der Waals surface area contributed by atoms with Crippen LogP contribution in [-0.4, -0.2) is 7.11 Å². The fourth-order valence-electron chi connectivity index (χ4n) is 1.64. The van der Waals surface area contributed by atoms with Crippen LogP contribution in [0.4, 0.5) is 10.1 Å². The van der Waals surface area contributed by atoms with E-state index >= 15 is 0 Å². The zero-order valence-electron chi connectivity index (χ0n) is 9.91. The Kier molecular flexibility index (Phi) is 4.05. The van der Waals surface area contributed by atoms with E-state index in [0.717, 1.165) is 11.3 Å². The smallest absolute Gasteiger partial charge is 0.126 e. The maximum atomic E-state index is 13.1. The van der Waals surface area contributed by atoms with Gasteiger partial charge in [0.15, 0.2) is 0 Å². The molecule has 0 aliphatic rings. The third-order valence-corrected chi connectivity index (χ3v) is 2.71. The second kappa shape index (κ2) is 5.74. The second-order valence-electron chi connectivity index (χ2n) is 3.86. The van der Waals surface area contributed by atoms with Crippen molar-refractivity contribution in [1.82, 2.24) is 0 Å². The molecule has 0 aromatic heterocycles. The topological polar surface area (TPSA) is 21.3 Å². The molecule has 0 aliphatic heterocycles. The Hall–Kier alpha value is -1.74. The van der Waals surface area contributed by atoms with E-state index < -0.39 is 0 Å². The van der Waals surface area contributed by atoms with Gasteiger partial charge in [0.25, 0.3) is 0 Å². The molecule has 18 heavy (non-hydrogen) atoms. The SMILES string of the molecule is COc1cccc(CNc2cc(F)cc(Cl)c2)c1. The average Bonchev–Trinajstić information content (AvgIpc) is 2.35. The van der Waals surface area contributed by atoms with Crippen molar-refractivity contribution in [3.05, 3.63) is 58.9 Å². The van der Waals surface area contributed by atoms with Crippen LogP contribution < -0.4 is 10.1 Å². The summed E-state index contributed by atoms with van der Waals surface area (Å²) in [6.45, 7) is 0.580. The number of hydrogen-bond donors (Lipinski definition) is 1. The van der Waals surface area contributed by atoms with Gasteiger partial charge in [-0.3, -0.25) is 0 Å². The first kappa shape index (κ1) is 12.7. The molecule has 94 valence electrons. The summed E-state index contributed by atoms with van der Waals surface area (Å²) < 4.78 is 18.3. The molecule has 0 unspecified atom stereocenters. The standard InChI is InChI=1S/C14H13ClFNO/c1-18-14-4-2-3-10(5-14)9-17-13-7-11(15)6-12(16)8-13/h2-8,17H,9H2,1H3. The van der Waals surface area contributed by atoms with Crippen LogP contribution in [0.1, 0.15) is 5.56 Å². The Morgan fingerprint density at radius 1 is 1.22 bits per heavy atom. The van der Waals surface area contributed by atoms with Crippen LogP contribution in [0, 0.1) is 5.82 Å². The molecule has 0 amide bonds. The molecule has 0 bridgehead atoms. The molecule has 0 aliphatic carbocycles. The molecule has 0 spiro atoms. The van der Waals surface area contributed by atoms with Crippen LogP contribution in [0.5, 0.6) is 5.75 Å². The number of hydrogen-bond acceptors (Lipinski definition) is 2. The van der Waals surface area contributed by atoms with Gasteiger partial charge < -0.3 is 10.1 Å². The van der Waals surface area contributed by atoms with Gasteiger partial charge in [0.05, 0.1) is 7.11 Å². The maximum Gasteiger partial charge on any atom is 0.126 e. The van der Waals surface area contributed by atoms with Crippen molar-refractivity contribution in [2.45, 2.75) is 6.54 Å². The summed E-state index contributed by atoms with van der Waals surface area (Å²) in [6, 6.07) is 12.1. The Labute approximate surface area is 110 Å². The molecule has 2 aromatic carbocycles. The van der Waals surface area contributed by atoms with E-state index in [1.54, 1.807) is 13.2 Å². The van der Waals surface area contributed by atoms with Crippen molar-refractivity contribution in [1.29, 1.82) is 0 Å². The monoisotopic (exact) mass is 265 g/mol. The molecule has 0 heterocycles. The first-order valence-electron chi connectivity index (χ1n) is 5.50. The van der Waals surface area contributed by atoms with Crippen LogP contribution >= 0.6 is 11.6 Å². The van der Waals surface area contributed by atoms with Crippen molar-refractivity contribution in [2.75, 3.05) is 12.4 Å². The number of nitrogens with one attached hydrogen (secondary N) is 1. The van der Waals surface area contributed by atoms with Crippen LogP contribution in [0.3, 0.4) is 0 Å². The largest absolute Gasteiger partial charge is 0.497 e. The van der Waals surface area contributed by atoms with Crippen LogP contribution in [0.15, 0.2) is 42.5 Å². The molecule has 1 N–H and O–H groups in total. The van der Waals surface area contributed by atoms with E-state index in [0.29, 0.717) is 17.3 Å². The van der Waals surface area contributed by atoms with E-state index in [-0.39, 0.29) is 5.82 Å². The number of methoxy groups -OCH3 is 1. The molecule has 0 fully saturated rings. The van der Waals surface area contributed by atoms with Gasteiger partial charge in [-0.2, -0.15) is 0 Å². The lowest BCUT2D eigenvalue weighted by Gasteiger charge is -2.08. The van der Waals surface area contributed by atoms with E-state index in [1.165, 1.54) is 12.1 Å². The quantitative estimate of drug-likeness (QED) is 0.899. The first-order valence-corrected chi connectivity index (χ1v) is 5.88. The van der Waals surface area contributed by atoms with Gasteiger partial charge in [-0.15, -0.1) is 0 Å². The third-order valence-electron chi connectivity index (χ3n) is 2.49. The minimum Gasteiger partial charge on any atom is -0.497 e. The minimum atomic E-state index is -0.351. The van der Waals surface area contributed by atoms with Gasteiger partial charge in [-0.25, -0.2) is 4.39 Å². The molecule has 0 radical (unpaired) electrons. The Morgan fingerprint density at radius 2 is 2.06 bits per heavy atom. The lowest BCUT2D eigenvalue weighted by Crippen LogP contribution is -2.00. The molecule has 2 nitrogen and oxygen atoms in total. The third kappa shape index (κ3) is 3.37. The molecular formula is C14H13ClFNO. The van der Waals surface area contributed by atoms with E-state index in [4.69, 9.17) is 16.3 Å². The number of anilines is 1. The number of rotatable bonds is 4. The van der Waals surface area contributed by atoms with Crippen molar-refractivity contribution >= 4 is 17.3 Å². The molecule has 0 saturated carbocycles. The highest BCUT2D eigenvalue weighted by Gasteiger charge is 2.00. The number of ether oxygens (including phenoxy) is 1. The molecule has 2 rings (SSSR count). The van der Waals surface area contributed by atoms with Crippen molar-refractivity contribution in [3.8, 4) is 5.75 Å². The Morgan fingerprint density at radius 3 is 2.78 bits per heavy atom. The molecule has 0 atom stereocenters. The summed E-state index contributed by atoms with van der Waals surface area (Å²) in [4.78, 5) is 0. The highest BCUT2D eigenvalue weighted by Crippen LogP contribution is 2.19. The van der Waals surface area contributed by atoms with E-state index in [1.807, 2.05) is 24.3 Å². The fraction of sp³-hybridized carbons (Fsp3) is 0.143. The summed E-state index contributed by atoms with van der Waals surface area (Å²) >= 11 is 5.78. The molecular weight excluding hydrogens is 253 g/mol. The highest BCUT2D eigenvalue weighted by atomic mass is 35.5. The lowest BCUT2D eigenvalue weighted by atomic mass is 10.2. The predicted molar refractivity (Wildman–Crippen MR) is 71.7 cm³/mol. The van der Waals surface area contributed by atoms with Crippen molar-refractivity contribution in [2.24, 2.45) is 0 Å². The minimum absolute atomic E-state index is 0.351. The number of halogens is 2. The fourth-order valence-corrected chi connectivity index (χ4v) is 1.86. The molecule has 4 heteroatoms. The summed E-state index contributed by atoms with van der Waals surface area (Å²) in [6.07, 6.45) is 0. The molecule has 2 aromatic rings. The van der Waals surface area contributed by atoms with Crippen LogP contribution in [0.2, 0.25) is 5.02 Å². The van der Waals surface area contributed by atoms with Crippen LogP contribution in [-0.2, 0) is 6.54 Å². The summed E-state index contributed by atoms with van der Waals surface area (Å²) in [7, 11) is 1.62. The summed E-state index contributed by atoms with van der Waals surface area (Å²) in [5, 5.41) is 3.49. The molecule has 0 saturated heterocycles. The Balaban J connectivity index is 2.06. The van der Waals surface area contributed by atoms with Crippen LogP contribution in [0.25, 0.3) is 0 Å². The maximum absolute atomic E-state index is 13.1. The van der Waals surface area contributed by atoms with Gasteiger partial charge >= 0.3 is 0 Å². The van der Waals surface area contributed by atoms with Crippen molar-refractivity contribution in [3.63, 3.8) is 0 Å². The normalized spacial score (nSPS) is 10.2. The average molecular weight is 266 g/mol. The van der Waals surface area contributed by atoms with Gasteiger partial charge in [-0.05, 0) is 35.9 Å².